The van der Waals surface area contributed by atoms with Gasteiger partial charge in [0.25, 0.3) is 0 Å². The van der Waals surface area contributed by atoms with E-state index in [4.69, 9.17) is 0 Å². The third-order valence-corrected chi connectivity index (χ3v) is 4.87. The zero-order valence-corrected chi connectivity index (χ0v) is 14.4. The molecule has 1 aliphatic carbocycles. The van der Waals surface area contributed by atoms with Crippen LogP contribution in [0.3, 0.4) is 0 Å². The summed E-state index contributed by atoms with van der Waals surface area (Å²) in [6.07, 6.45) is 7.09. The Kier molecular flexibility index (Phi) is 5.94. The SMILES string of the molecule is Cc1cnc(NC(=O)CN(C(=O)C2CCCCC2)C(C)C)s1. The van der Waals surface area contributed by atoms with Crippen LogP contribution in [0.25, 0.3) is 0 Å². The van der Waals surface area contributed by atoms with Gasteiger partial charge in [0.05, 0.1) is 0 Å². The van der Waals surface area contributed by atoms with Crippen LogP contribution in [0.15, 0.2) is 6.20 Å². The second kappa shape index (κ2) is 7.72. The molecule has 2 amide bonds. The largest absolute Gasteiger partial charge is 0.331 e. The summed E-state index contributed by atoms with van der Waals surface area (Å²) in [4.78, 5) is 31.7. The Morgan fingerprint density at radius 1 is 1.36 bits per heavy atom. The summed E-state index contributed by atoms with van der Waals surface area (Å²) in [5.41, 5.74) is 0. The van der Waals surface area contributed by atoms with E-state index in [1.54, 1.807) is 11.1 Å². The number of thiazole rings is 1. The lowest BCUT2D eigenvalue weighted by Crippen LogP contribution is -2.45. The lowest BCUT2D eigenvalue weighted by Gasteiger charge is -2.31. The van der Waals surface area contributed by atoms with Gasteiger partial charge >= 0.3 is 0 Å². The van der Waals surface area contributed by atoms with Gasteiger partial charge < -0.3 is 10.2 Å². The molecule has 0 atom stereocenters. The highest BCUT2D eigenvalue weighted by atomic mass is 32.1. The van der Waals surface area contributed by atoms with Gasteiger partial charge in [-0.1, -0.05) is 19.3 Å². The number of hydrogen-bond acceptors (Lipinski definition) is 4. The number of anilines is 1. The van der Waals surface area contributed by atoms with Gasteiger partial charge in [-0.05, 0) is 33.6 Å². The minimum absolute atomic E-state index is 0.0261. The zero-order chi connectivity index (χ0) is 16.1. The van der Waals surface area contributed by atoms with E-state index in [9.17, 15) is 9.59 Å². The van der Waals surface area contributed by atoms with Crippen molar-refractivity contribution < 1.29 is 9.59 Å². The number of rotatable bonds is 5. The first-order chi connectivity index (χ1) is 10.5. The molecule has 5 nitrogen and oxygen atoms in total. The van der Waals surface area contributed by atoms with Gasteiger partial charge in [-0.25, -0.2) is 4.98 Å². The monoisotopic (exact) mass is 323 g/mol. The number of carbonyl (C=O) groups excluding carboxylic acids is 2. The molecule has 2 rings (SSSR count). The van der Waals surface area contributed by atoms with E-state index >= 15 is 0 Å². The van der Waals surface area contributed by atoms with Crippen molar-refractivity contribution in [2.75, 3.05) is 11.9 Å². The minimum atomic E-state index is -0.174. The molecule has 1 aromatic heterocycles. The highest BCUT2D eigenvalue weighted by Gasteiger charge is 2.28. The van der Waals surface area contributed by atoms with Crippen molar-refractivity contribution in [3.63, 3.8) is 0 Å². The van der Waals surface area contributed by atoms with Gasteiger partial charge in [0.1, 0.15) is 6.54 Å². The van der Waals surface area contributed by atoms with E-state index in [0.29, 0.717) is 5.13 Å². The number of aryl methyl sites for hydroxylation is 1. The molecule has 0 spiro atoms. The molecule has 1 saturated carbocycles. The fourth-order valence-electron chi connectivity index (χ4n) is 2.83. The average Bonchev–Trinajstić information content (AvgIpc) is 2.89. The number of hydrogen-bond donors (Lipinski definition) is 1. The molecule has 0 aliphatic heterocycles. The molecule has 0 unspecified atom stereocenters. The third kappa shape index (κ3) is 4.53. The quantitative estimate of drug-likeness (QED) is 0.905. The van der Waals surface area contributed by atoms with Crippen LogP contribution in [0.1, 0.15) is 50.8 Å². The maximum absolute atomic E-state index is 12.7. The number of carbonyl (C=O) groups is 2. The number of aromatic nitrogens is 1. The summed E-state index contributed by atoms with van der Waals surface area (Å²) in [5, 5.41) is 3.37. The molecule has 0 bridgehead atoms. The van der Waals surface area contributed by atoms with Gasteiger partial charge in [-0.3, -0.25) is 9.59 Å². The molecule has 0 saturated heterocycles. The van der Waals surface area contributed by atoms with Crippen LogP contribution in [0.4, 0.5) is 5.13 Å². The predicted octanol–water partition coefficient (Wildman–Crippen LogP) is 3.21. The fourth-order valence-corrected chi connectivity index (χ4v) is 3.51. The van der Waals surface area contributed by atoms with E-state index in [0.717, 1.165) is 30.6 Å². The van der Waals surface area contributed by atoms with Crippen LogP contribution in [0.5, 0.6) is 0 Å². The van der Waals surface area contributed by atoms with E-state index in [2.05, 4.69) is 10.3 Å². The molecule has 1 aliphatic rings. The van der Waals surface area contributed by atoms with Crippen LogP contribution >= 0.6 is 11.3 Å². The van der Waals surface area contributed by atoms with Crippen molar-refractivity contribution >= 4 is 28.3 Å². The van der Waals surface area contributed by atoms with Gasteiger partial charge in [0.2, 0.25) is 11.8 Å². The first-order valence-corrected chi connectivity index (χ1v) is 8.81. The molecular formula is C16H25N3O2S. The summed E-state index contributed by atoms with van der Waals surface area (Å²) >= 11 is 1.44. The Hall–Kier alpha value is -1.43. The van der Waals surface area contributed by atoms with Crippen molar-refractivity contribution in [1.29, 1.82) is 0 Å². The fraction of sp³-hybridized carbons (Fsp3) is 0.688. The van der Waals surface area contributed by atoms with Crippen LogP contribution in [-0.4, -0.2) is 34.3 Å². The molecule has 0 aromatic carbocycles. The molecule has 22 heavy (non-hydrogen) atoms. The lowest BCUT2D eigenvalue weighted by atomic mass is 9.88. The lowest BCUT2D eigenvalue weighted by molar-refractivity contribution is -0.141. The highest BCUT2D eigenvalue weighted by molar-refractivity contribution is 7.15. The molecular weight excluding hydrogens is 298 g/mol. The standard InChI is InChI=1S/C16H25N3O2S/c1-11(2)19(15(21)13-7-5-4-6-8-13)10-14(20)18-16-17-9-12(3)22-16/h9,11,13H,4-8,10H2,1-3H3,(H,17,18,20). The van der Waals surface area contributed by atoms with E-state index in [-0.39, 0.29) is 30.3 Å². The molecule has 6 heteroatoms. The number of nitrogens with one attached hydrogen (secondary N) is 1. The van der Waals surface area contributed by atoms with Crippen molar-refractivity contribution in [1.82, 2.24) is 9.88 Å². The van der Waals surface area contributed by atoms with Crippen molar-refractivity contribution in [2.45, 2.75) is 58.9 Å². The van der Waals surface area contributed by atoms with Crippen molar-refractivity contribution in [3.8, 4) is 0 Å². The number of amides is 2. The molecule has 1 N–H and O–H groups in total. The second-order valence-electron chi connectivity index (χ2n) is 6.22. The van der Waals surface area contributed by atoms with E-state index < -0.39 is 0 Å². The van der Waals surface area contributed by atoms with Crippen LogP contribution in [0, 0.1) is 12.8 Å². The first kappa shape index (κ1) is 16.9. The summed E-state index contributed by atoms with van der Waals surface area (Å²) in [5.74, 6) is 0.0402. The summed E-state index contributed by atoms with van der Waals surface area (Å²) in [6.45, 7) is 5.97. The predicted molar refractivity (Wildman–Crippen MR) is 88.9 cm³/mol. The molecule has 0 radical (unpaired) electrons. The normalized spacial score (nSPS) is 15.8. The maximum Gasteiger partial charge on any atom is 0.245 e. The molecule has 122 valence electrons. The topological polar surface area (TPSA) is 62.3 Å². The maximum atomic E-state index is 12.7. The number of nitrogens with zero attached hydrogens (tertiary/aromatic N) is 2. The Balaban J connectivity index is 1.95. The summed E-state index contributed by atoms with van der Waals surface area (Å²) in [7, 11) is 0. The summed E-state index contributed by atoms with van der Waals surface area (Å²) < 4.78 is 0. The van der Waals surface area contributed by atoms with E-state index in [1.807, 2.05) is 20.8 Å². The van der Waals surface area contributed by atoms with Gasteiger partial charge in [-0.2, -0.15) is 0 Å². The van der Waals surface area contributed by atoms with Crippen LogP contribution < -0.4 is 5.32 Å². The summed E-state index contributed by atoms with van der Waals surface area (Å²) in [6, 6.07) is 0.0261. The Morgan fingerprint density at radius 2 is 2.05 bits per heavy atom. The first-order valence-electron chi connectivity index (χ1n) is 8.00. The molecule has 1 fully saturated rings. The minimum Gasteiger partial charge on any atom is -0.331 e. The second-order valence-corrected chi connectivity index (χ2v) is 7.45. The van der Waals surface area contributed by atoms with Gasteiger partial charge in [0.15, 0.2) is 5.13 Å². The van der Waals surface area contributed by atoms with Crippen LogP contribution in [0.2, 0.25) is 0 Å². The van der Waals surface area contributed by atoms with Gasteiger partial charge in [0, 0.05) is 23.0 Å². The van der Waals surface area contributed by atoms with E-state index in [1.165, 1.54) is 17.8 Å². The van der Waals surface area contributed by atoms with Crippen molar-refractivity contribution in [3.05, 3.63) is 11.1 Å². The Bertz CT molecular complexity index is 521. The third-order valence-electron chi connectivity index (χ3n) is 4.04. The van der Waals surface area contributed by atoms with Crippen molar-refractivity contribution in [2.24, 2.45) is 5.92 Å². The smallest absolute Gasteiger partial charge is 0.245 e. The Morgan fingerprint density at radius 3 is 2.59 bits per heavy atom. The molecule has 1 aromatic rings. The average molecular weight is 323 g/mol. The highest BCUT2D eigenvalue weighted by Crippen LogP contribution is 2.26. The van der Waals surface area contributed by atoms with Gasteiger partial charge in [-0.15, -0.1) is 11.3 Å². The van der Waals surface area contributed by atoms with Crippen LogP contribution in [-0.2, 0) is 9.59 Å². The zero-order valence-electron chi connectivity index (χ0n) is 13.6. The molecule has 1 heterocycles. The Labute approximate surface area is 136 Å².